The molecule has 8 nitrogen and oxygen atoms in total. The van der Waals surface area contributed by atoms with Crippen molar-refractivity contribution in [2.24, 2.45) is 0 Å². The van der Waals surface area contributed by atoms with E-state index in [4.69, 9.17) is 4.84 Å². The summed E-state index contributed by atoms with van der Waals surface area (Å²) in [5.74, 6) is -0.283. The molecule has 0 aromatic carbocycles. The number of hydrogen-bond acceptors (Lipinski definition) is 6. The summed E-state index contributed by atoms with van der Waals surface area (Å²) in [6.07, 6.45) is 4.06. The Kier molecular flexibility index (Phi) is 10.7. The van der Waals surface area contributed by atoms with Crippen LogP contribution in [0.5, 0.6) is 0 Å². The predicted octanol–water partition coefficient (Wildman–Crippen LogP) is 0.852. The summed E-state index contributed by atoms with van der Waals surface area (Å²) in [6.45, 7) is 8.55. The molecule has 0 atom stereocenters. The molecule has 0 spiro atoms. The summed E-state index contributed by atoms with van der Waals surface area (Å²) in [7, 11) is 0. The number of amides is 2. The van der Waals surface area contributed by atoms with Gasteiger partial charge in [0.1, 0.15) is 0 Å². The fourth-order valence-electron chi connectivity index (χ4n) is 4.00. The minimum absolute atomic E-state index is 0. The van der Waals surface area contributed by atoms with Crippen molar-refractivity contribution in [3.63, 3.8) is 0 Å². The Bertz CT molecular complexity index is 463. The van der Waals surface area contributed by atoms with Crippen molar-refractivity contribution in [2.75, 3.05) is 52.4 Å². The number of nitrogens with zero attached hydrogens (tertiary/aromatic N) is 3. The lowest BCUT2D eigenvalue weighted by molar-refractivity contribution is -0.192. The first-order chi connectivity index (χ1) is 12.1. The second-order valence-corrected chi connectivity index (χ2v) is 7.24. The van der Waals surface area contributed by atoms with Crippen LogP contribution in [0.1, 0.15) is 32.6 Å². The molecule has 0 saturated carbocycles. The SMILES string of the molecule is CC(=O)ON1CCC(NC(=O)N2CCN(C3CCNCC3)CC2)CC1.Cl.Cl. The fraction of sp³-hybridized carbons (Fsp3) is 0.882. The number of piperidine rings is 2. The zero-order valence-corrected chi connectivity index (χ0v) is 17.7. The predicted molar refractivity (Wildman–Crippen MR) is 108 cm³/mol. The molecule has 0 aliphatic carbocycles. The number of nitrogens with one attached hydrogen (secondary N) is 2. The van der Waals surface area contributed by atoms with Crippen molar-refractivity contribution >= 4 is 36.8 Å². The van der Waals surface area contributed by atoms with Gasteiger partial charge in [-0.3, -0.25) is 9.69 Å². The first-order valence-corrected chi connectivity index (χ1v) is 9.55. The van der Waals surface area contributed by atoms with Gasteiger partial charge >= 0.3 is 12.0 Å². The molecule has 2 amide bonds. The van der Waals surface area contributed by atoms with Crippen LogP contribution in [-0.4, -0.2) is 91.3 Å². The first-order valence-electron chi connectivity index (χ1n) is 9.55. The molecule has 2 N–H and O–H groups in total. The average molecular weight is 426 g/mol. The molecule has 0 radical (unpaired) electrons. The maximum absolute atomic E-state index is 12.5. The van der Waals surface area contributed by atoms with Crippen LogP contribution >= 0.6 is 24.8 Å². The summed E-state index contributed by atoms with van der Waals surface area (Å²) in [6, 6.07) is 0.898. The lowest BCUT2D eigenvalue weighted by Crippen LogP contribution is -2.57. The van der Waals surface area contributed by atoms with Gasteiger partial charge in [-0.05, 0) is 38.8 Å². The van der Waals surface area contributed by atoms with E-state index in [1.807, 2.05) is 4.90 Å². The standard InChI is InChI=1S/C17H31N5O3.2ClH/c1-14(23)25-22-8-4-15(5-9-22)19-17(24)21-12-10-20(11-13-21)16-2-6-18-7-3-16;;/h15-16,18H,2-13H2,1H3,(H,19,24);2*1H. The average Bonchev–Trinajstić information content (AvgIpc) is 2.64. The van der Waals surface area contributed by atoms with Gasteiger partial charge in [0.25, 0.3) is 0 Å². The third-order valence-corrected chi connectivity index (χ3v) is 5.47. The van der Waals surface area contributed by atoms with Crippen molar-refractivity contribution in [1.29, 1.82) is 0 Å². The van der Waals surface area contributed by atoms with Crippen molar-refractivity contribution < 1.29 is 14.4 Å². The third-order valence-electron chi connectivity index (χ3n) is 5.47. The van der Waals surface area contributed by atoms with E-state index in [0.29, 0.717) is 19.1 Å². The van der Waals surface area contributed by atoms with Gasteiger partial charge < -0.3 is 20.4 Å². The molecule has 0 unspecified atom stereocenters. The van der Waals surface area contributed by atoms with Gasteiger partial charge in [0.05, 0.1) is 0 Å². The molecule has 0 aromatic rings. The van der Waals surface area contributed by atoms with Crippen LogP contribution in [-0.2, 0) is 9.63 Å². The van der Waals surface area contributed by atoms with E-state index in [-0.39, 0.29) is 42.9 Å². The van der Waals surface area contributed by atoms with Gasteiger partial charge in [-0.2, -0.15) is 0 Å². The Labute approximate surface area is 174 Å². The quantitative estimate of drug-likeness (QED) is 0.697. The Hall–Kier alpha value is -0.800. The second kappa shape index (κ2) is 11.9. The van der Waals surface area contributed by atoms with E-state index in [9.17, 15) is 9.59 Å². The van der Waals surface area contributed by atoms with Crippen LogP contribution < -0.4 is 10.6 Å². The zero-order valence-electron chi connectivity index (χ0n) is 16.0. The topological polar surface area (TPSA) is 77.2 Å². The van der Waals surface area contributed by atoms with E-state index in [1.54, 1.807) is 5.06 Å². The number of rotatable bonds is 3. The maximum Gasteiger partial charge on any atom is 0.322 e. The molecule has 158 valence electrons. The largest absolute Gasteiger partial charge is 0.368 e. The smallest absolute Gasteiger partial charge is 0.322 e. The van der Waals surface area contributed by atoms with Crippen molar-refractivity contribution in [1.82, 2.24) is 25.5 Å². The highest BCUT2D eigenvalue weighted by Gasteiger charge is 2.29. The van der Waals surface area contributed by atoms with E-state index < -0.39 is 0 Å². The first kappa shape index (κ1) is 24.2. The van der Waals surface area contributed by atoms with E-state index in [2.05, 4.69) is 15.5 Å². The Morgan fingerprint density at radius 2 is 1.52 bits per heavy atom. The number of carbonyl (C=O) groups is 2. The summed E-state index contributed by atoms with van der Waals surface area (Å²) in [5, 5.41) is 8.24. The van der Waals surface area contributed by atoms with Crippen LogP contribution in [0.2, 0.25) is 0 Å². The summed E-state index contributed by atoms with van der Waals surface area (Å²) < 4.78 is 0. The molecule has 3 fully saturated rings. The van der Waals surface area contributed by atoms with Gasteiger partial charge in [0.15, 0.2) is 0 Å². The molecule has 0 aromatic heterocycles. The number of urea groups is 1. The molecular weight excluding hydrogens is 393 g/mol. The highest BCUT2D eigenvalue weighted by molar-refractivity contribution is 5.85. The molecule has 3 saturated heterocycles. The maximum atomic E-state index is 12.5. The lowest BCUT2D eigenvalue weighted by atomic mass is 10.0. The van der Waals surface area contributed by atoms with Gasteiger partial charge in [0, 0.05) is 58.3 Å². The molecular formula is C17H33Cl2N5O3. The molecule has 10 heteroatoms. The summed E-state index contributed by atoms with van der Waals surface area (Å²) in [5.41, 5.74) is 0. The molecule has 0 bridgehead atoms. The van der Waals surface area contributed by atoms with E-state index in [0.717, 1.165) is 52.1 Å². The van der Waals surface area contributed by atoms with Gasteiger partial charge in [-0.1, -0.05) is 0 Å². The normalized spacial score (nSPS) is 23.1. The Morgan fingerprint density at radius 1 is 0.926 bits per heavy atom. The minimum Gasteiger partial charge on any atom is -0.368 e. The van der Waals surface area contributed by atoms with Crippen LogP contribution in [0.4, 0.5) is 4.79 Å². The monoisotopic (exact) mass is 425 g/mol. The number of hydrogen-bond donors (Lipinski definition) is 2. The number of halogens is 2. The molecule has 3 aliphatic rings. The number of carbonyl (C=O) groups excluding carboxylic acids is 2. The van der Waals surface area contributed by atoms with Crippen molar-refractivity contribution in [2.45, 2.75) is 44.7 Å². The lowest BCUT2D eigenvalue weighted by Gasteiger charge is -2.41. The van der Waals surface area contributed by atoms with Crippen molar-refractivity contribution in [3.8, 4) is 0 Å². The second-order valence-electron chi connectivity index (χ2n) is 7.24. The summed E-state index contributed by atoms with van der Waals surface area (Å²) >= 11 is 0. The van der Waals surface area contributed by atoms with Crippen molar-refractivity contribution in [3.05, 3.63) is 0 Å². The van der Waals surface area contributed by atoms with Crippen LogP contribution in [0.3, 0.4) is 0 Å². The highest BCUT2D eigenvalue weighted by Crippen LogP contribution is 2.15. The van der Waals surface area contributed by atoms with E-state index >= 15 is 0 Å². The zero-order chi connectivity index (χ0) is 17.6. The third kappa shape index (κ3) is 7.27. The molecule has 3 heterocycles. The Morgan fingerprint density at radius 3 is 2.07 bits per heavy atom. The van der Waals surface area contributed by atoms with Gasteiger partial charge in [-0.15, -0.1) is 29.9 Å². The molecule has 27 heavy (non-hydrogen) atoms. The van der Waals surface area contributed by atoms with Crippen LogP contribution in [0.15, 0.2) is 0 Å². The molecule has 3 rings (SSSR count). The number of hydroxylamine groups is 2. The van der Waals surface area contributed by atoms with Crippen LogP contribution in [0, 0.1) is 0 Å². The minimum atomic E-state index is -0.283. The Balaban J connectivity index is 0.00000182. The fourth-order valence-corrected chi connectivity index (χ4v) is 4.00. The summed E-state index contributed by atoms with van der Waals surface area (Å²) in [4.78, 5) is 33.0. The van der Waals surface area contributed by atoms with E-state index in [1.165, 1.54) is 19.8 Å². The van der Waals surface area contributed by atoms with Gasteiger partial charge in [-0.25, -0.2) is 4.79 Å². The number of piperazine rings is 1. The van der Waals surface area contributed by atoms with Gasteiger partial charge in [0.2, 0.25) is 0 Å². The van der Waals surface area contributed by atoms with Crippen LogP contribution in [0.25, 0.3) is 0 Å². The molecule has 3 aliphatic heterocycles. The highest BCUT2D eigenvalue weighted by atomic mass is 35.5.